The summed E-state index contributed by atoms with van der Waals surface area (Å²) in [6, 6.07) is 8.64. The highest BCUT2D eigenvalue weighted by Crippen LogP contribution is 2.29. The number of halogens is 6. The molecule has 5 nitrogen and oxygen atoms in total. The average Bonchev–Trinajstić information content (AvgIpc) is 2.65. The minimum Gasteiger partial charge on any atom is -0.367 e. The Labute approximate surface area is 161 Å². The van der Waals surface area contributed by atoms with Crippen LogP contribution >= 0.6 is 0 Å². The number of hydrogen-bond acceptors (Lipinski definition) is 3. The van der Waals surface area contributed by atoms with Crippen LogP contribution in [0, 0.1) is 0 Å². The third kappa shape index (κ3) is 6.63. The molecule has 0 amide bonds. The molecular weight excluding hydrogens is 400 g/mol. The number of nitrogens with two attached hydrogens (primary N) is 1. The number of alkyl halides is 6. The Kier molecular flexibility index (Phi) is 6.62. The first kappa shape index (κ1) is 21.9. The van der Waals surface area contributed by atoms with Gasteiger partial charge in [-0.05, 0) is 42.3 Å². The molecule has 0 radical (unpaired) electrons. The zero-order valence-electron chi connectivity index (χ0n) is 14.9. The molecule has 0 aliphatic rings. The molecule has 154 valence electrons. The fraction of sp³-hybridized carbons (Fsp3) is 0.167. The third-order valence-electron chi connectivity index (χ3n) is 3.57. The average molecular weight is 415 g/mol. The summed E-state index contributed by atoms with van der Waals surface area (Å²) in [5.41, 5.74) is 7.44. The summed E-state index contributed by atoms with van der Waals surface area (Å²) in [7, 11) is 0. The zero-order chi connectivity index (χ0) is 21.7. The largest absolute Gasteiger partial charge is 0.416 e. The third-order valence-corrected chi connectivity index (χ3v) is 3.57. The molecule has 0 bridgehead atoms. The zero-order valence-corrected chi connectivity index (χ0v) is 14.9. The summed E-state index contributed by atoms with van der Waals surface area (Å²) in [6.07, 6.45) is -7.62. The van der Waals surface area contributed by atoms with Gasteiger partial charge < -0.3 is 5.73 Å². The number of nitrogens with zero attached hydrogens (tertiary/aromatic N) is 3. The van der Waals surface area contributed by atoms with Gasteiger partial charge in [0.15, 0.2) is 0 Å². The maximum absolute atomic E-state index is 12.5. The first-order chi connectivity index (χ1) is 13.5. The number of guanidine groups is 1. The Bertz CT molecular complexity index is 910. The van der Waals surface area contributed by atoms with Crippen molar-refractivity contribution in [2.75, 3.05) is 0 Å². The highest BCUT2D eigenvalue weighted by atomic mass is 19.4. The van der Waals surface area contributed by atoms with Crippen LogP contribution < -0.4 is 11.2 Å². The van der Waals surface area contributed by atoms with Gasteiger partial charge in [-0.1, -0.05) is 24.3 Å². The number of benzene rings is 2. The molecule has 0 aliphatic heterocycles. The topological polar surface area (TPSA) is 75.1 Å². The van der Waals surface area contributed by atoms with Crippen molar-refractivity contribution in [2.24, 2.45) is 21.0 Å². The van der Waals surface area contributed by atoms with E-state index in [9.17, 15) is 26.3 Å². The van der Waals surface area contributed by atoms with Crippen LogP contribution in [0.25, 0.3) is 0 Å². The van der Waals surface area contributed by atoms with E-state index in [4.69, 9.17) is 5.73 Å². The lowest BCUT2D eigenvalue weighted by Gasteiger charge is -2.07. The molecule has 0 spiro atoms. The quantitative estimate of drug-likeness (QED) is 0.337. The predicted octanol–water partition coefficient (Wildman–Crippen LogP) is 4.39. The van der Waals surface area contributed by atoms with Gasteiger partial charge in [-0.2, -0.15) is 36.5 Å². The van der Waals surface area contributed by atoms with Crippen LogP contribution in [0.4, 0.5) is 26.3 Å². The second kappa shape index (κ2) is 8.76. The van der Waals surface area contributed by atoms with Crippen molar-refractivity contribution in [3.05, 3.63) is 70.8 Å². The van der Waals surface area contributed by atoms with Crippen molar-refractivity contribution in [2.45, 2.75) is 19.3 Å². The van der Waals surface area contributed by atoms with Crippen LogP contribution in [0.2, 0.25) is 0 Å². The van der Waals surface area contributed by atoms with Crippen molar-refractivity contribution in [1.29, 1.82) is 0 Å². The molecule has 0 fully saturated rings. The monoisotopic (exact) mass is 415 g/mol. The van der Waals surface area contributed by atoms with Gasteiger partial charge in [0.2, 0.25) is 5.96 Å². The van der Waals surface area contributed by atoms with Crippen LogP contribution in [-0.4, -0.2) is 17.9 Å². The Balaban J connectivity index is 1.97. The molecule has 2 rings (SSSR count). The van der Waals surface area contributed by atoms with Crippen molar-refractivity contribution >= 4 is 17.9 Å². The Morgan fingerprint density at radius 3 is 1.79 bits per heavy atom. The maximum Gasteiger partial charge on any atom is 0.416 e. The summed E-state index contributed by atoms with van der Waals surface area (Å²) in [6.45, 7) is 1.53. The molecule has 0 unspecified atom stereocenters. The van der Waals surface area contributed by atoms with Crippen LogP contribution in [0.15, 0.2) is 63.8 Å². The molecule has 3 N–H and O–H groups in total. The number of hydrogen-bond donors (Lipinski definition) is 2. The van der Waals surface area contributed by atoms with Gasteiger partial charge >= 0.3 is 12.4 Å². The fourth-order valence-corrected chi connectivity index (χ4v) is 2.04. The Morgan fingerprint density at radius 2 is 1.31 bits per heavy atom. The normalized spacial score (nSPS) is 13.8. The maximum atomic E-state index is 12.5. The number of nitrogens with one attached hydrogen (secondary N) is 1. The van der Waals surface area contributed by atoms with Crippen LogP contribution in [0.3, 0.4) is 0 Å². The van der Waals surface area contributed by atoms with Gasteiger partial charge in [0, 0.05) is 0 Å². The molecule has 0 aliphatic carbocycles. The van der Waals surface area contributed by atoms with E-state index in [1.807, 2.05) is 0 Å². The summed E-state index contributed by atoms with van der Waals surface area (Å²) in [5, 5.41) is 11.1. The van der Waals surface area contributed by atoms with E-state index < -0.39 is 23.5 Å². The molecule has 2 aromatic carbocycles. The van der Waals surface area contributed by atoms with Crippen molar-refractivity contribution in [3.8, 4) is 0 Å². The van der Waals surface area contributed by atoms with E-state index in [1.165, 1.54) is 37.4 Å². The summed E-state index contributed by atoms with van der Waals surface area (Å²) < 4.78 is 75.1. The predicted molar refractivity (Wildman–Crippen MR) is 97.5 cm³/mol. The molecule has 0 saturated heterocycles. The molecule has 29 heavy (non-hydrogen) atoms. The van der Waals surface area contributed by atoms with E-state index in [0.717, 1.165) is 24.3 Å². The lowest BCUT2D eigenvalue weighted by molar-refractivity contribution is -0.138. The molecular formula is C18H15F6N5. The Morgan fingerprint density at radius 1 is 0.828 bits per heavy atom. The summed E-state index contributed by atoms with van der Waals surface area (Å²) in [5.74, 6) is -0.223. The van der Waals surface area contributed by atoms with Crippen LogP contribution in [0.5, 0.6) is 0 Å². The molecule has 0 saturated carbocycles. The summed E-state index contributed by atoms with van der Waals surface area (Å²) in [4.78, 5) is 0. The van der Waals surface area contributed by atoms with Gasteiger partial charge in [0.05, 0.1) is 23.1 Å². The highest BCUT2D eigenvalue weighted by molar-refractivity contribution is 5.99. The lowest BCUT2D eigenvalue weighted by atomic mass is 10.1. The van der Waals surface area contributed by atoms with Crippen LogP contribution in [-0.2, 0) is 12.4 Å². The van der Waals surface area contributed by atoms with E-state index in [1.54, 1.807) is 0 Å². The standard InChI is InChI=1S/C18H15F6N5/c1-11(13-4-8-15(9-5-13)18(22,23)24)27-29-16(25)28-26-10-12-2-6-14(7-3-12)17(19,20)21/h2-10H,1H3,(H3,25,28,29). The molecule has 0 atom stereocenters. The van der Waals surface area contributed by atoms with Gasteiger partial charge in [0.1, 0.15) is 0 Å². The second-order valence-corrected chi connectivity index (χ2v) is 5.74. The van der Waals surface area contributed by atoms with Crippen molar-refractivity contribution < 1.29 is 26.3 Å². The van der Waals surface area contributed by atoms with Crippen LogP contribution in [0.1, 0.15) is 29.2 Å². The number of hydrazone groups is 1. The lowest BCUT2D eigenvalue weighted by Crippen LogP contribution is -2.26. The molecule has 11 heteroatoms. The second-order valence-electron chi connectivity index (χ2n) is 5.74. The van der Waals surface area contributed by atoms with E-state index in [-0.39, 0.29) is 5.96 Å². The first-order valence-electron chi connectivity index (χ1n) is 7.98. The van der Waals surface area contributed by atoms with Crippen molar-refractivity contribution in [1.82, 2.24) is 5.43 Å². The van der Waals surface area contributed by atoms with E-state index in [0.29, 0.717) is 16.8 Å². The molecule has 0 aromatic heterocycles. The SMILES string of the molecule is CC(=NN=C(N)NN=Cc1ccc(C(F)(F)F)cc1)c1ccc(C(F)(F)F)cc1. The van der Waals surface area contributed by atoms with Crippen molar-refractivity contribution in [3.63, 3.8) is 0 Å². The number of rotatable bonds is 4. The smallest absolute Gasteiger partial charge is 0.367 e. The van der Waals surface area contributed by atoms with E-state index >= 15 is 0 Å². The van der Waals surface area contributed by atoms with E-state index in [2.05, 4.69) is 20.7 Å². The van der Waals surface area contributed by atoms with Gasteiger partial charge in [-0.25, -0.2) is 5.43 Å². The minimum absolute atomic E-state index is 0.223. The first-order valence-corrected chi connectivity index (χ1v) is 7.98. The summed E-state index contributed by atoms with van der Waals surface area (Å²) >= 11 is 0. The highest BCUT2D eigenvalue weighted by Gasteiger charge is 2.30. The van der Waals surface area contributed by atoms with Gasteiger partial charge in [-0.3, -0.25) is 0 Å². The fourth-order valence-electron chi connectivity index (χ4n) is 2.04. The minimum atomic E-state index is -4.43. The van der Waals surface area contributed by atoms with Gasteiger partial charge in [0.25, 0.3) is 0 Å². The Hall–Kier alpha value is -3.37. The van der Waals surface area contributed by atoms with Gasteiger partial charge in [-0.15, -0.1) is 5.10 Å². The molecule has 0 heterocycles. The molecule has 2 aromatic rings.